The second-order valence-electron chi connectivity index (χ2n) is 6.94. The first-order valence-corrected chi connectivity index (χ1v) is 11.8. The lowest BCUT2D eigenvalue weighted by Crippen LogP contribution is -2.16. The maximum absolute atomic E-state index is 15.0. The smallest absolute Gasteiger partial charge is 0.335 e. The van der Waals surface area contributed by atoms with Crippen molar-refractivity contribution in [1.82, 2.24) is 4.98 Å². The van der Waals surface area contributed by atoms with Crippen LogP contribution in [-0.2, 0) is 16.6 Å². The van der Waals surface area contributed by atoms with Gasteiger partial charge < -0.3 is 19.7 Å². The van der Waals surface area contributed by atoms with Gasteiger partial charge in [0.2, 0.25) is 0 Å². The monoisotopic (exact) mass is 565 g/mol. The Kier molecular flexibility index (Phi) is 7.59. The van der Waals surface area contributed by atoms with E-state index in [1.807, 2.05) is 6.07 Å². The van der Waals surface area contributed by atoms with Gasteiger partial charge in [0.15, 0.2) is 17.3 Å². The van der Waals surface area contributed by atoms with Gasteiger partial charge in [0.25, 0.3) is 10.0 Å². The first-order valence-electron chi connectivity index (χ1n) is 9.57. The molecule has 0 saturated carbocycles. The molecule has 13 heteroatoms. The Morgan fingerprint density at radius 1 is 1.20 bits per heavy atom. The van der Waals surface area contributed by atoms with Crippen molar-refractivity contribution in [1.29, 1.82) is 5.26 Å². The summed E-state index contributed by atoms with van der Waals surface area (Å²) in [6.45, 7) is -0.476. The maximum Gasteiger partial charge on any atom is 0.335 e. The summed E-state index contributed by atoms with van der Waals surface area (Å²) in [5, 5.41) is 28.1. The predicted molar refractivity (Wildman–Crippen MR) is 125 cm³/mol. The number of hydrogen-bond donors (Lipinski definition) is 3. The van der Waals surface area contributed by atoms with E-state index < -0.39 is 39.1 Å². The van der Waals surface area contributed by atoms with Gasteiger partial charge in [-0.3, -0.25) is 4.72 Å². The molecule has 3 rings (SSSR count). The van der Waals surface area contributed by atoms with E-state index in [4.69, 9.17) is 14.7 Å². The number of methoxy groups -OCH3 is 2. The Morgan fingerprint density at radius 2 is 1.89 bits per heavy atom. The standard InChI is InChI=1S/C22H17BrFN3O7S/c1-33-20-16(23)3-12(22(29)30)6-19(20)35(31,32)27-18-5-11(4-17(24)21(18)34-2)15-7-14(8-25)26-9-13(15)10-28/h3-7,9,27-28H,10H2,1-2H3,(H,29,30). The highest BCUT2D eigenvalue weighted by Crippen LogP contribution is 2.39. The molecule has 0 aliphatic heterocycles. The summed E-state index contributed by atoms with van der Waals surface area (Å²) >= 11 is 3.09. The van der Waals surface area contributed by atoms with Gasteiger partial charge in [0, 0.05) is 11.8 Å². The number of carbonyl (C=O) groups is 1. The van der Waals surface area contributed by atoms with Crippen molar-refractivity contribution in [2.75, 3.05) is 18.9 Å². The lowest BCUT2D eigenvalue weighted by molar-refractivity contribution is 0.0696. The van der Waals surface area contributed by atoms with Crippen molar-refractivity contribution in [2.45, 2.75) is 11.5 Å². The number of carboxylic acid groups (broad SMARTS) is 1. The Morgan fingerprint density at radius 3 is 2.46 bits per heavy atom. The topological polar surface area (TPSA) is 159 Å². The van der Waals surface area contributed by atoms with Crippen LogP contribution in [0.25, 0.3) is 11.1 Å². The molecule has 1 heterocycles. The lowest BCUT2D eigenvalue weighted by atomic mass is 10.00. The molecule has 1 aromatic heterocycles. The molecule has 2 aromatic carbocycles. The summed E-state index contributed by atoms with van der Waals surface area (Å²) in [4.78, 5) is 14.8. The van der Waals surface area contributed by atoms with Gasteiger partial charge in [-0.1, -0.05) is 0 Å². The number of hydrogen-bond acceptors (Lipinski definition) is 8. The fraction of sp³-hybridized carbons (Fsp3) is 0.136. The number of benzene rings is 2. The third-order valence-corrected chi connectivity index (χ3v) is 6.78. The normalized spacial score (nSPS) is 11.0. The fourth-order valence-electron chi connectivity index (χ4n) is 3.26. The number of nitriles is 1. The number of pyridine rings is 1. The molecule has 182 valence electrons. The maximum atomic E-state index is 15.0. The zero-order valence-electron chi connectivity index (χ0n) is 18.2. The minimum atomic E-state index is -4.54. The quantitative estimate of drug-likeness (QED) is 0.371. The summed E-state index contributed by atoms with van der Waals surface area (Å²) in [5.41, 5.74) is -0.0256. The molecule has 0 bridgehead atoms. The molecular weight excluding hydrogens is 549 g/mol. The second-order valence-corrected chi connectivity index (χ2v) is 9.44. The van der Waals surface area contributed by atoms with Crippen LogP contribution in [0.2, 0.25) is 0 Å². The van der Waals surface area contributed by atoms with Crippen molar-refractivity contribution >= 4 is 37.6 Å². The molecular formula is C22H17BrFN3O7S. The first kappa shape index (κ1) is 25.9. The zero-order valence-corrected chi connectivity index (χ0v) is 20.6. The van der Waals surface area contributed by atoms with Crippen LogP contribution in [0.1, 0.15) is 21.6 Å². The van der Waals surface area contributed by atoms with E-state index in [0.717, 1.165) is 19.2 Å². The zero-order chi connectivity index (χ0) is 25.9. The van der Waals surface area contributed by atoms with Gasteiger partial charge in [0.05, 0.1) is 36.6 Å². The van der Waals surface area contributed by atoms with E-state index >= 15 is 0 Å². The van der Waals surface area contributed by atoms with E-state index in [0.29, 0.717) is 0 Å². The molecule has 0 saturated heterocycles. The van der Waals surface area contributed by atoms with Gasteiger partial charge in [-0.25, -0.2) is 22.6 Å². The lowest BCUT2D eigenvalue weighted by Gasteiger charge is -2.17. The van der Waals surface area contributed by atoms with Gasteiger partial charge in [-0.05, 0) is 57.4 Å². The average Bonchev–Trinajstić information content (AvgIpc) is 2.82. The Bertz CT molecular complexity index is 1470. The molecule has 0 aliphatic rings. The molecule has 3 aromatic rings. The van der Waals surface area contributed by atoms with Crippen LogP contribution in [0.3, 0.4) is 0 Å². The number of sulfonamides is 1. The van der Waals surface area contributed by atoms with E-state index in [1.165, 1.54) is 31.5 Å². The van der Waals surface area contributed by atoms with Crippen LogP contribution < -0.4 is 14.2 Å². The minimum Gasteiger partial charge on any atom is -0.494 e. The van der Waals surface area contributed by atoms with E-state index in [9.17, 15) is 27.8 Å². The molecule has 0 amide bonds. The van der Waals surface area contributed by atoms with Gasteiger partial charge in [0.1, 0.15) is 16.7 Å². The number of aromatic carboxylic acids is 1. The minimum absolute atomic E-state index is 0.00405. The number of rotatable bonds is 8. The number of carboxylic acids is 1. The van der Waals surface area contributed by atoms with Gasteiger partial charge in [-0.2, -0.15) is 5.26 Å². The number of halogens is 2. The van der Waals surface area contributed by atoms with Crippen molar-refractivity contribution in [3.8, 4) is 28.7 Å². The summed E-state index contributed by atoms with van der Waals surface area (Å²) in [6, 6.07) is 7.53. The Hall–Kier alpha value is -3.73. The first-order chi connectivity index (χ1) is 16.6. The van der Waals surface area contributed by atoms with E-state index in [2.05, 4.69) is 25.6 Å². The van der Waals surface area contributed by atoms with Crippen molar-refractivity contribution in [3.63, 3.8) is 0 Å². The largest absolute Gasteiger partial charge is 0.494 e. The SMILES string of the molecule is COc1c(F)cc(-c2cc(C#N)ncc2CO)cc1NS(=O)(=O)c1cc(C(=O)O)cc(Br)c1OC. The third-order valence-electron chi connectivity index (χ3n) is 4.82. The average molecular weight is 566 g/mol. The number of aliphatic hydroxyl groups excluding tert-OH is 1. The molecule has 0 fully saturated rings. The van der Waals surface area contributed by atoms with E-state index in [1.54, 1.807) is 0 Å². The molecule has 0 radical (unpaired) electrons. The van der Waals surface area contributed by atoms with Gasteiger partial charge >= 0.3 is 5.97 Å². The number of nitrogens with one attached hydrogen (secondary N) is 1. The van der Waals surface area contributed by atoms with Crippen LogP contribution in [-0.4, -0.2) is 43.8 Å². The molecule has 0 spiro atoms. The van der Waals surface area contributed by atoms with Crippen molar-refractivity contribution in [3.05, 3.63) is 63.6 Å². The highest BCUT2D eigenvalue weighted by molar-refractivity contribution is 9.10. The summed E-state index contributed by atoms with van der Waals surface area (Å²) in [6.07, 6.45) is 1.25. The van der Waals surface area contributed by atoms with Crippen LogP contribution in [0.5, 0.6) is 11.5 Å². The highest BCUT2D eigenvalue weighted by atomic mass is 79.9. The molecule has 0 atom stereocenters. The molecule has 35 heavy (non-hydrogen) atoms. The summed E-state index contributed by atoms with van der Waals surface area (Å²) < 4.78 is 54.0. The third kappa shape index (κ3) is 5.19. The van der Waals surface area contributed by atoms with Crippen LogP contribution in [0.4, 0.5) is 10.1 Å². The van der Waals surface area contributed by atoms with Crippen LogP contribution in [0, 0.1) is 17.1 Å². The van der Waals surface area contributed by atoms with Crippen LogP contribution >= 0.6 is 15.9 Å². The highest BCUT2D eigenvalue weighted by Gasteiger charge is 2.27. The molecule has 10 nitrogen and oxygen atoms in total. The molecule has 0 aliphatic carbocycles. The summed E-state index contributed by atoms with van der Waals surface area (Å²) in [7, 11) is -2.20. The number of anilines is 1. The second kappa shape index (κ2) is 10.3. The number of nitrogens with zero attached hydrogens (tertiary/aromatic N) is 2. The number of aromatic nitrogens is 1. The Labute approximate surface area is 207 Å². The predicted octanol–water partition coefficient (Wildman–Crippen LogP) is 3.53. The summed E-state index contributed by atoms with van der Waals surface area (Å²) in [5.74, 6) is -2.93. The fourth-order valence-corrected chi connectivity index (χ4v) is 5.28. The van der Waals surface area contributed by atoms with Gasteiger partial charge in [-0.15, -0.1) is 0 Å². The number of ether oxygens (including phenoxy) is 2. The molecule has 0 unspecified atom stereocenters. The van der Waals surface area contributed by atoms with Crippen molar-refractivity contribution in [2.24, 2.45) is 0 Å². The molecule has 3 N–H and O–H groups in total. The van der Waals surface area contributed by atoms with E-state index in [-0.39, 0.29) is 43.9 Å². The van der Waals surface area contributed by atoms with Crippen LogP contribution in [0.15, 0.2) is 45.9 Å². The number of aliphatic hydroxyl groups is 1. The van der Waals surface area contributed by atoms with Crippen molar-refractivity contribution < 1.29 is 37.3 Å². The Balaban J connectivity index is 2.21.